The molecule has 1 amide bonds. The number of rotatable bonds is 10. The molecule has 0 aliphatic carbocycles. The maximum absolute atomic E-state index is 12.5. The molecule has 140 valence electrons. The summed E-state index contributed by atoms with van der Waals surface area (Å²) in [6.45, 7) is 3.61. The Kier molecular flexibility index (Phi) is 7.85. The first-order valence-electron chi connectivity index (χ1n) is 7.83. The van der Waals surface area contributed by atoms with Crippen molar-refractivity contribution in [3.05, 3.63) is 24.3 Å². The molecule has 3 N–H and O–H groups in total. The molecule has 9 heteroatoms. The van der Waals surface area contributed by atoms with Crippen molar-refractivity contribution in [2.75, 3.05) is 13.7 Å². The lowest BCUT2D eigenvalue weighted by atomic mass is 10.1. The molecule has 1 atom stereocenters. The number of carbonyl (C=O) groups is 2. The van der Waals surface area contributed by atoms with Crippen molar-refractivity contribution in [1.29, 1.82) is 0 Å². The summed E-state index contributed by atoms with van der Waals surface area (Å²) in [5.41, 5.74) is 0. The Morgan fingerprint density at radius 1 is 1.20 bits per heavy atom. The van der Waals surface area contributed by atoms with Gasteiger partial charge in [-0.05, 0) is 36.6 Å². The van der Waals surface area contributed by atoms with Crippen molar-refractivity contribution in [1.82, 2.24) is 10.0 Å². The molecule has 1 rings (SSSR count). The first kappa shape index (κ1) is 20.9. The second-order valence-corrected chi connectivity index (χ2v) is 7.52. The molecule has 0 aromatic heterocycles. The Morgan fingerprint density at radius 3 is 2.28 bits per heavy atom. The summed E-state index contributed by atoms with van der Waals surface area (Å²) in [5, 5.41) is 11.1. The van der Waals surface area contributed by atoms with Crippen LogP contribution in [0.1, 0.15) is 26.7 Å². The summed E-state index contributed by atoms with van der Waals surface area (Å²) in [6, 6.07) is 4.86. The SMILES string of the molecule is COc1ccc(S(=O)(=O)N[C@H](C(=O)NCCCC(=O)O)C(C)C)cc1. The van der Waals surface area contributed by atoms with Crippen LogP contribution in [-0.4, -0.2) is 45.1 Å². The number of carbonyl (C=O) groups excluding carboxylic acids is 1. The first-order valence-corrected chi connectivity index (χ1v) is 9.31. The second kappa shape index (κ2) is 9.38. The molecule has 1 aromatic carbocycles. The lowest BCUT2D eigenvalue weighted by molar-refractivity contribution is -0.137. The van der Waals surface area contributed by atoms with Crippen molar-refractivity contribution >= 4 is 21.9 Å². The first-order chi connectivity index (χ1) is 11.7. The van der Waals surface area contributed by atoms with Gasteiger partial charge in [0.25, 0.3) is 0 Å². The van der Waals surface area contributed by atoms with Crippen LogP contribution in [0, 0.1) is 5.92 Å². The third-order valence-electron chi connectivity index (χ3n) is 3.47. The third kappa shape index (κ3) is 6.71. The number of sulfonamides is 1. The molecule has 0 bridgehead atoms. The van der Waals surface area contributed by atoms with E-state index in [1.165, 1.54) is 31.4 Å². The maximum atomic E-state index is 12.5. The predicted octanol–water partition coefficient (Wildman–Crippen LogP) is 0.979. The molecule has 0 heterocycles. The Hall–Kier alpha value is -2.13. The number of carboxylic acid groups (broad SMARTS) is 1. The fraction of sp³-hybridized carbons (Fsp3) is 0.500. The van der Waals surface area contributed by atoms with E-state index in [1.807, 2.05) is 0 Å². The molecule has 1 aromatic rings. The van der Waals surface area contributed by atoms with Gasteiger partial charge in [-0.2, -0.15) is 4.72 Å². The lowest BCUT2D eigenvalue weighted by Crippen LogP contribution is -2.49. The number of amides is 1. The van der Waals surface area contributed by atoms with Crippen LogP contribution in [0.25, 0.3) is 0 Å². The highest BCUT2D eigenvalue weighted by Crippen LogP contribution is 2.16. The number of hydrogen-bond acceptors (Lipinski definition) is 5. The van der Waals surface area contributed by atoms with Gasteiger partial charge < -0.3 is 15.2 Å². The summed E-state index contributed by atoms with van der Waals surface area (Å²) >= 11 is 0. The van der Waals surface area contributed by atoms with Crippen LogP contribution in [0.3, 0.4) is 0 Å². The van der Waals surface area contributed by atoms with Crippen molar-refractivity contribution in [2.45, 2.75) is 37.6 Å². The van der Waals surface area contributed by atoms with Crippen molar-refractivity contribution in [2.24, 2.45) is 5.92 Å². The van der Waals surface area contributed by atoms with Crippen molar-refractivity contribution in [3.63, 3.8) is 0 Å². The Balaban J connectivity index is 2.77. The van der Waals surface area contributed by atoms with Gasteiger partial charge in [0.2, 0.25) is 15.9 Å². The second-order valence-electron chi connectivity index (χ2n) is 5.81. The van der Waals surface area contributed by atoms with Crippen LogP contribution in [0.15, 0.2) is 29.2 Å². The van der Waals surface area contributed by atoms with Gasteiger partial charge in [-0.15, -0.1) is 0 Å². The molecule has 0 saturated carbocycles. The van der Waals surface area contributed by atoms with Crippen molar-refractivity contribution < 1.29 is 27.9 Å². The molecular formula is C16H24N2O6S. The van der Waals surface area contributed by atoms with E-state index in [1.54, 1.807) is 13.8 Å². The monoisotopic (exact) mass is 372 g/mol. The average Bonchev–Trinajstić information content (AvgIpc) is 2.56. The molecule has 0 fully saturated rings. The highest BCUT2D eigenvalue weighted by Gasteiger charge is 2.28. The number of benzene rings is 1. The maximum Gasteiger partial charge on any atom is 0.303 e. The largest absolute Gasteiger partial charge is 0.497 e. The number of nitrogens with one attached hydrogen (secondary N) is 2. The third-order valence-corrected chi connectivity index (χ3v) is 4.92. The van der Waals surface area contributed by atoms with E-state index in [0.29, 0.717) is 5.75 Å². The minimum Gasteiger partial charge on any atom is -0.497 e. The van der Waals surface area contributed by atoms with E-state index >= 15 is 0 Å². The summed E-state index contributed by atoms with van der Waals surface area (Å²) in [6.07, 6.45) is 0.210. The average molecular weight is 372 g/mol. The van der Waals surface area contributed by atoms with Crippen LogP contribution in [0.4, 0.5) is 0 Å². The summed E-state index contributed by atoms with van der Waals surface area (Å²) < 4.78 is 32.3. The quantitative estimate of drug-likeness (QED) is 0.526. The molecule has 0 spiro atoms. The summed E-state index contributed by atoms with van der Waals surface area (Å²) in [4.78, 5) is 22.7. The number of ether oxygens (including phenoxy) is 1. The zero-order valence-electron chi connectivity index (χ0n) is 14.5. The van der Waals surface area contributed by atoms with E-state index in [9.17, 15) is 18.0 Å². The van der Waals surface area contributed by atoms with Crippen molar-refractivity contribution in [3.8, 4) is 5.75 Å². The smallest absolute Gasteiger partial charge is 0.303 e. The van der Waals surface area contributed by atoms with Gasteiger partial charge >= 0.3 is 5.97 Å². The van der Waals surface area contributed by atoms with E-state index in [4.69, 9.17) is 9.84 Å². The molecule has 25 heavy (non-hydrogen) atoms. The minimum atomic E-state index is -3.88. The van der Waals surface area contributed by atoms with Gasteiger partial charge in [-0.3, -0.25) is 9.59 Å². The predicted molar refractivity (Wildman–Crippen MR) is 91.8 cm³/mol. The normalized spacial score (nSPS) is 12.6. The van der Waals surface area contributed by atoms with E-state index in [0.717, 1.165) is 0 Å². The number of hydrogen-bond donors (Lipinski definition) is 3. The van der Waals surface area contributed by atoms with Gasteiger partial charge in [0.05, 0.1) is 12.0 Å². The highest BCUT2D eigenvalue weighted by atomic mass is 32.2. The van der Waals surface area contributed by atoms with E-state index < -0.39 is 27.9 Å². The van der Waals surface area contributed by atoms with Crippen LogP contribution < -0.4 is 14.8 Å². The van der Waals surface area contributed by atoms with Gasteiger partial charge in [-0.25, -0.2) is 8.42 Å². The number of carboxylic acids is 1. The molecule has 0 unspecified atom stereocenters. The molecule has 0 aliphatic heterocycles. The zero-order valence-corrected chi connectivity index (χ0v) is 15.3. The standard InChI is InChI=1S/C16H24N2O6S/c1-11(2)15(16(21)17-10-4-5-14(19)20)18-25(22,23)13-8-6-12(24-3)7-9-13/h6-9,11,15,18H,4-5,10H2,1-3H3,(H,17,21)(H,19,20)/t15-/m0/s1. The van der Waals surface area contributed by atoms with E-state index in [-0.39, 0.29) is 30.2 Å². The molecule has 8 nitrogen and oxygen atoms in total. The highest BCUT2D eigenvalue weighted by molar-refractivity contribution is 7.89. The topological polar surface area (TPSA) is 122 Å². The van der Waals surface area contributed by atoms with Gasteiger partial charge in [0, 0.05) is 13.0 Å². The fourth-order valence-corrected chi connectivity index (χ4v) is 3.39. The van der Waals surface area contributed by atoms with Gasteiger partial charge in [0.1, 0.15) is 11.8 Å². The Bertz CT molecular complexity index is 685. The summed E-state index contributed by atoms with van der Waals surface area (Å²) in [7, 11) is -2.40. The molecular weight excluding hydrogens is 348 g/mol. The van der Waals surface area contributed by atoms with E-state index in [2.05, 4.69) is 10.0 Å². The lowest BCUT2D eigenvalue weighted by Gasteiger charge is -2.21. The summed E-state index contributed by atoms with van der Waals surface area (Å²) in [5.74, 6) is -1.20. The van der Waals surface area contributed by atoms with Crippen LogP contribution in [-0.2, 0) is 19.6 Å². The van der Waals surface area contributed by atoms with Gasteiger partial charge in [0.15, 0.2) is 0 Å². The number of methoxy groups -OCH3 is 1. The van der Waals surface area contributed by atoms with Crippen LogP contribution in [0.2, 0.25) is 0 Å². The molecule has 0 aliphatic rings. The number of aliphatic carboxylic acids is 1. The Morgan fingerprint density at radius 2 is 1.80 bits per heavy atom. The van der Waals surface area contributed by atoms with Crippen LogP contribution >= 0.6 is 0 Å². The fourth-order valence-electron chi connectivity index (χ4n) is 2.04. The minimum absolute atomic E-state index is 0.0256. The molecule has 0 saturated heterocycles. The molecule has 0 radical (unpaired) electrons. The Labute approximate surface area is 147 Å². The van der Waals surface area contributed by atoms with Crippen LogP contribution in [0.5, 0.6) is 5.75 Å². The van der Waals surface area contributed by atoms with Gasteiger partial charge in [-0.1, -0.05) is 13.8 Å². The zero-order chi connectivity index (χ0) is 19.0.